The number of imidazole rings is 1. The number of alkyl halides is 1. The summed E-state index contributed by atoms with van der Waals surface area (Å²) in [6.45, 7) is 5.05. The van der Waals surface area contributed by atoms with E-state index in [1.165, 1.54) is 20.1 Å². The van der Waals surface area contributed by atoms with Gasteiger partial charge in [0, 0.05) is 17.3 Å². The van der Waals surface area contributed by atoms with Crippen molar-refractivity contribution in [3.63, 3.8) is 0 Å². The van der Waals surface area contributed by atoms with Crippen LogP contribution in [0.1, 0.15) is 37.1 Å². The van der Waals surface area contributed by atoms with Crippen molar-refractivity contribution in [1.29, 1.82) is 0 Å². The highest BCUT2D eigenvalue weighted by atomic mass is 31.2. The van der Waals surface area contributed by atoms with E-state index in [0.29, 0.717) is 23.4 Å². The molecule has 1 unspecified atom stereocenters. The molecule has 0 radical (unpaired) electrons. The predicted octanol–water partition coefficient (Wildman–Crippen LogP) is 3.46. The van der Waals surface area contributed by atoms with Gasteiger partial charge in [0.2, 0.25) is 5.41 Å². The maximum atomic E-state index is 15.2. The van der Waals surface area contributed by atoms with Gasteiger partial charge in [-0.3, -0.25) is 4.57 Å². The Kier molecular flexibility index (Phi) is 5.18. The van der Waals surface area contributed by atoms with E-state index < -0.39 is 13.0 Å². The largest absolute Gasteiger partial charge is 0.494 e. The number of halogens is 1. The Morgan fingerprint density at radius 3 is 2.46 bits per heavy atom. The highest BCUT2D eigenvalue weighted by Gasteiger charge is 2.49. The molecule has 0 saturated heterocycles. The summed E-state index contributed by atoms with van der Waals surface area (Å²) in [5, 5.41) is -2.74. The number of nitrogens with zero attached hydrogens (tertiary/aromatic N) is 2. The van der Waals surface area contributed by atoms with Crippen LogP contribution in [0, 0.1) is 6.92 Å². The van der Waals surface area contributed by atoms with Crippen molar-refractivity contribution in [2.24, 2.45) is 0 Å². The monoisotopic (exact) mass is 356 g/mol. The Hall–Kier alpha value is -1.69. The van der Waals surface area contributed by atoms with E-state index in [1.807, 2.05) is 6.92 Å². The second kappa shape index (κ2) is 6.67. The van der Waals surface area contributed by atoms with Crippen molar-refractivity contribution >= 4 is 7.60 Å². The van der Waals surface area contributed by atoms with E-state index in [-0.39, 0.29) is 12.0 Å². The van der Waals surface area contributed by atoms with Crippen molar-refractivity contribution < 1.29 is 23.5 Å². The molecule has 0 aliphatic rings. The highest BCUT2D eigenvalue weighted by molar-refractivity contribution is 7.52. The van der Waals surface area contributed by atoms with Crippen LogP contribution in [0.15, 0.2) is 24.7 Å². The first kappa shape index (κ1) is 18.6. The summed E-state index contributed by atoms with van der Waals surface area (Å²) in [5.41, 5.74) is 1.86. The first-order valence-corrected chi connectivity index (χ1v) is 9.26. The maximum absolute atomic E-state index is 15.2. The average molecular weight is 356 g/mol. The van der Waals surface area contributed by atoms with Gasteiger partial charge in [0.15, 0.2) is 0 Å². The molecule has 1 aromatic carbocycles. The summed E-state index contributed by atoms with van der Waals surface area (Å²) < 4.78 is 34.2. The van der Waals surface area contributed by atoms with E-state index in [0.717, 1.165) is 5.69 Å². The van der Waals surface area contributed by atoms with Gasteiger partial charge in [-0.2, -0.15) is 0 Å². The van der Waals surface area contributed by atoms with Crippen LogP contribution < -0.4 is 4.74 Å². The van der Waals surface area contributed by atoms with Gasteiger partial charge in [-0.25, -0.2) is 9.37 Å². The lowest BCUT2D eigenvalue weighted by Gasteiger charge is -2.29. The third-order valence-corrected chi connectivity index (χ3v) is 5.61. The molecular weight excluding hydrogens is 334 g/mol. The third kappa shape index (κ3) is 2.99. The zero-order valence-electron chi connectivity index (χ0n) is 14.2. The molecule has 2 rings (SSSR count). The van der Waals surface area contributed by atoms with E-state index in [1.54, 1.807) is 30.1 Å². The Morgan fingerprint density at radius 1 is 1.38 bits per heavy atom. The summed E-state index contributed by atoms with van der Waals surface area (Å²) in [5.74, 6) is 0.385. The first-order valence-electron chi connectivity index (χ1n) is 7.65. The van der Waals surface area contributed by atoms with Crippen LogP contribution in [0.2, 0.25) is 0 Å². The van der Waals surface area contributed by atoms with Crippen LogP contribution in [-0.4, -0.2) is 26.4 Å². The Bertz CT molecular complexity index is 786. The minimum absolute atomic E-state index is 0.0294. The molecule has 0 amide bonds. The Balaban J connectivity index is 2.75. The SMILES string of the molecule is CCc1c(C(F)(CC)P(=O)(O)O)ccc(-n2cnc(C)c2)c1OC. The van der Waals surface area contributed by atoms with Crippen LogP contribution in [0.25, 0.3) is 5.69 Å². The molecule has 0 saturated carbocycles. The zero-order chi connectivity index (χ0) is 18.1. The summed E-state index contributed by atoms with van der Waals surface area (Å²) in [4.78, 5) is 23.2. The van der Waals surface area contributed by atoms with Crippen LogP contribution in [-0.2, 0) is 16.4 Å². The van der Waals surface area contributed by atoms with Crippen LogP contribution in [0.4, 0.5) is 4.39 Å². The molecule has 6 nitrogen and oxygen atoms in total. The third-order valence-electron chi connectivity index (χ3n) is 4.13. The molecule has 0 spiro atoms. The molecule has 8 heteroatoms. The predicted molar refractivity (Wildman–Crippen MR) is 89.4 cm³/mol. The lowest BCUT2D eigenvalue weighted by atomic mass is 9.97. The van der Waals surface area contributed by atoms with Crippen molar-refractivity contribution in [3.05, 3.63) is 41.5 Å². The molecule has 0 fully saturated rings. The quantitative estimate of drug-likeness (QED) is 0.775. The van der Waals surface area contributed by atoms with E-state index in [2.05, 4.69) is 4.98 Å². The fourth-order valence-electron chi connectivity index (χ4n) is 2.86. The minimum atomic E-state index is -5.00. The molecule has 0 bridgehead atoms. The van der Waals surface area contributed by atoms with Crippen LogP contribution in [0.5, 0.6) is 5.75 Å². The molecule has 1 aromatic heterocycles. The van der Waals surface area contributed by atoms with Gasteiger partial charge >= 0.3 is 7.60 Å². The second-order valence-corrected chi connectivity index (χ2v) is 7.37. The number of rotatable bonds is 6. The van der Waals surface area contributed by atoms with Crippen molar-refractivity contribution in [1.82, 2.24) is 9.55 Å². The number of hydrogen-bond donors (Lipinski definition) is 2. The smallest absolute Gasteiger partial charge is 0.367 e. The molecule has 1 atom stereocenters. The fourth-order valence-corrected chi connectivity index (χ4v) is 3.80. The summed E-state index contributed by atoms with van der Waals surface area (Å²) in [6, 6.07) is 3.02. The van der Waals surface area contributed by atoms with Crippen molar-refractivity contribution in [3.8, 4) is 11.4 Å². The van der Waals surface area contributed by atoms with E-state index in [9.17, 15) is 14.4 Å². The maximum Gasteiger partial charge on any atom is 0.367 e. The Morgan fingerprint density at radius 2 is 2.04 bits per heavy atom. The van der Waals surface area contributed by atoms with Gasteiger partial charge in [0.25, 0.3) is 0 Å². The number of aryl methyl sites for hydroxylation is 1. The summed E-state index contributed by atoms with van der Waals surface area (Å²) >= 11 is 0. The molecule has 2 N–H and O–H groups in total. The summed E-state index contributed by atoms with van der Waals surface area (Å²) in [6.07, 6.45) is 3.43. The van der Waals surface area contributed by atoms with E-state index >= 15 is 4.39 Å². The number of benzene rings is 1. The van der Waals surface area contributed by atoms with Gasteiger partial charge in [-0.1, -0.05) is 19.9 Å². The molecular formula is C16H22FN2O4P. The molecule has 0 aliphatic heterocycles. The average Bonchev–Trinajstić information content (AvgIpc) is 2.97. The topological polar surface area (TPSA) is 84.6 Å². The van der Waals surface area contributed by atoms with Gasteiger partial charge in [-0.05, 0) is 25.8 Å². The van der Waals surface area contributed by atoms with Gasteiger partial charge in [-0.15, -0.1) is 0 Å². The number of ether oxygens (including phenoxy) is 1. The molecule has 24 heavy (non-hydrogen) atoms. The molecule has 2 aromatic rings. The van der Waals surface area contributed by atoms with E-state index in [4.69, 9.17) is 4.74 Å². The lowest BCUT2D eigenvalue weighted by molar-refractivity contribution is 0.196. The molecule has 132 valence electrons. The van der Waals surface area contributed by atoms with Crippen LogP contribution in [0.3, 0.4) is 0 Å². The highest BCUT2D eigenvalue weighted by Crippen LogP contribution is 2.61. The Labute approximate surface area is 140 Å². The van der Waals surface area contributed by atoms with Crippen molar-refractivity contribution in [2.45, 2.75) is 39.0 Å². The number of methoxy groups -OCH3 is 1. The number of hydrogen-bond acceptors (Lipinski definition) is 3. The molecule has 1 heterocycles. The first-order chi connectivity index (χ1) is 11.2. The zero-order valence-corrected chi connectivity index (χ0v) is 15.0. The summed E-state index contributed by atoms with van der Waals surface area (Å²) in [7, 11) is -3.55. The fraction of sp³-hybridized carbons (Fsp3) is 0.438. The normalized spacial score (nSPS) is 14.5. The van der Waals surface area contributed by atoms with Crippen molar-refractivity contribution in [2.75, 3.05) is 7.11 Å². The number of aromatic nitrogens is 2. The van der Waals surface area contributed by atoms with Gasteiger partial charge in [0.1, 0.15) is 5.75 Å². The van der Waals surface area contributed by atoms with Gasteiger partial charge < -0.3 is 19.1 Å². The van der Waals surface area contributed by atoms with Gasteiger partial charge in [0.05, 0.1) is 24.8 Å². The second-order valence-electron chi connectivity index (χ2n) is 5.58. The van der Waals surface area contributed by atoms with Crippen LogP contribution >= 0.6 is 7.60 Å². The standard InChI is InChI=1S/C16H22FN2O4P/c1-5-12-13(16(17,6-2)24(20,21)22)7-8-14(15(12)23-4)19-9-11(3)18-10-19/h7-10H,5-6H2,1-4H3,(H2,20,21,22). The minimum Gasteiger partial charge on any atom is -0.494 e. The molecule has 0 aliphatic carbocycles. The lowest BCUT2D eigenvalue weighted by Crippen LogP contribution is -2.22.